The second-order valence-corrected chi connectivity index (χ2v) is 6.12. The second kappa shape index (κ2) is 6.30. The molecule has 5 nitrogen and oxygen atoms in total. The van der Waals surface area contributed by atoms with Crippen LogP contribution in [0.1, 0.15) is 22.3 Å². The van der Waals surface area contributed by atoms with Gasteiger partial charge in [-0.1, -0.05) is 35.9 Å². The van der Waals surface area contributed by atoms with Gasteiger partial charge < -0.3 is 10.2 Å². The summed E-state index contributed by atoms with van der Waals surface area (Å²) in [7, 11) is 0. The van der Waals surface area contributed by atoms with Gasteiger partial charge in [0.15, 0.2) is 5.72 Å². The minimum absolute atomic E-state index is 0.00803. The molecule has 1 amide bonds. The third kappa shape index (κ3) is 3.13. The number of phenols is 1. The highest BCUT2D eigenvalue weighted by molar-refractivity contribution is 6.30. The summed E-state index contributed by atoms with van der Waals surface area (Å²) in [6.07, 6.45) is -5.77. The summed E-state index contributed by atoms with van der Waals surface area (Å²) in [5.41, 5.74) is -3.95. The van der Waals surface area contributed by atoms with Crippen molar-refractivity contribution >= 4 is 23.2 Å². The number of hydrogen-bond acceptors (Lipinski definition) is 4. The average molecular weight is 385 g/mol. The number of phenolic OH excluding ortho intramolecular Hbond substituents is 1. The fourth-order valence-corrected chi connectivity index (χ4v) is 2.75. The van der Waals surface area contributed by atoms with Crippen molar-refractivity contribution in [2.45, 2.75) is 18.3 Å². The Bertz CT molecular complexity index is 884. The summed E-state index contributed by atoms with van der Waals surface area (Å²) in [6.45, 7) is 0. The lowest BCUT2D eigenvalue weighted by molar-refractivity contribution is -0.0816. The highest BCUT2D eigenvalue weighted by atomic mass is 35.5. The van der Waals surface area contributed by atoms with Crippen molar-refractivity contribution in [2.75, 3.05) is 0 Å². The Balaban J connectivity index is 2.10. The van der Waals surface area contributed by atoms with E-state index in [-0.39, 0.29) is 11.1 Å². The van der Waals surface area contributed by atoms with E-state index in [9.17, 15) is 28.2 Å². The van der Waals surface area contributed by atoms with E-state index in [0.717, 1.165) is 0 Å². The van der Waals surface area contributed by atoms with Gasteiger partial charge in [-0.3, -0.25) is 4.79 Å². The van der Waals surface area contributed by atoms with Gasteiger partial charge in [-0.15, -0.1) is 0 Å². The largest absolute Gasteiger partial charge is 0.507 e. The predicted octanol–water partition coefficient (Wildman–Crippen LogP) is 3.66. The smallest absolute Gasteiger partial charge is 0.431 e. The van der Waals surface area contributed by atoms with Gasteiger partial charge in [0.25, 0.3) is 5.91 Å². The Morgan fingerprint density at radius 2 is 1.77 bits per heavy atom. The van der Waals surface area contributed by atoms with Crippen molar-refractivity contribution in [3.63, 3.8) is 0 Å². The van der Waals surface area contributed by atoms with Gasteiger partial charge in [-0.05, 0) is 24.3 Å². The standard InChI is InChI=1S/C17H12ClF3N2O3/c18-11-7-5-10(6-8-11)16(26)9-14(17(19,20)21)22-23(16)15(25)12-3-1-2-4-13(12)24/h1-8,24,26H,9H2/t16-/m0/s1. The van der Waals surface area contributed by atoms with E-state index >= 15 is 0 Å². The molecule has 1 atom stereocenters. The Morgan fingerprint density at radius 3 is 2.35 bits per heavy atom. The number of benzene rings is 2. The van der Waals surface area contributed by atoms with E-state index in [1.54, 1.807) is 0 Å². The minimum Gasteiger partial charge on any atom is -0.507 e. The van der Waals surface area contributed by atoms with E-state index in [1.165, 1.54) is 48.5 Å². The zero-order chi connectivity index (χ0) is 19.1. The molecule has 0 aromatic heterocycles. The first-order valence-electron chi connectivity index (χ1n) is 7.38. The molecule has 0 spiro atoms. The first-order valence-corrected chi connectivity index (χ1v) is 7.76. The normalized spacial score (nSPS) is 20.2. The minimum atomic E-state index is -4.83. The van der Waals surface area contributed by atoms with E-state index in [4.69, 9.17) is 11.6 Å². The number of carbonyl (C=O) groups is 1. The maximum absolute atomic E-state index is 13.2. The Labute approximate surface area is 150 Å². The number of halogens is 4. The zero-order valence-corrected chi connectivity index (χ0v) is 13.8. The van der Waals surface area contributed by atoms with Gasteiger partial charge in [-0.2, -0.15) is 23.3 Å². The van der Waals surface area contributed by atoms with E-state index in [0.29, 0.717) is 10.0 Å². The van der Waals surface area contributed by atoms with Crippen LogP contribution in [-0.4, -0.2) is 33.0 Å². The van der Waals surface area contributed by atoms with Crippen LogP contribution < -0.4 is 0 Å². The molecule has 1 aliphatic rings. The van der Waals surface area contributed by atoms with Gasteiger partial charge >= 0.3 is 6.18 Å². The van der Waals surface area contributed by atoms with Crippen LogP contribution in [-0.2, 0) is 5.72 Å². The predicted molar refractivity (Wildman–Crippen MR) is 87.7 cm³/mol. The lowest BCUT2D eigenvalue weighted by Crippen LogP contribution is -2.43. The van der Waals surface area contributed by atoms with Crippen molar-refractivity contribution in [3.05, 3.63) is 64.7 Å². The lowest BCUT2D eigenvalue weighted by Gasteiger charge is -2.31. The molecule has 3 rings (SSSR count). The number of hydrogen-bond donors (Lipinski definition) is 2. The Hall–Kier alpha value is -2.58. The maximum Gasteiger partial charge on any atom is 0.431 e. The summed E-state index contributed by atoms with van der Waals surface area (Å²) in [5.74, 6) is -1.51. The monoisotopic (exact) mass is 384 g/mol. The highest BCUT2D eigenvalue weighted by Gasteiger charge is 2.53. The number of aromatic hydroxyl groups is 1. The van der Waals surface area contributed by atoms with Gasteiger partial charge in [-0.25, -0.2) is 0 Å². The molecule has 136 valence electrons. The molecule has 26 heavy (non-hydrogen) atoms. The summed E-state index contributed by atoms with van der Waals surface area (Å²) in [5, 5.41) is 24.7. The number of rotatable bonds is 2. The van der Waals surface area contributed by atoms with Gasteiger partial charge in [0.2, 0.25) is 0 Å². The molecular formula is C17H12ClF3N2O3. The quantitative estimate of drug-likeness (QED) is 0.830. The molecule has 0 unspecified atom stereocenters. The van der Waals surface area contributed by atoms with Crippen LogP contribution in [0, 0.1) is 0 Å². The zero-order valence-electron chi connectivity index (χ0n) is 13.0. The first-order chi connectivity index (χ1) is 12.1. The lowest BCUT2D eigenvalue weighted by atomic mass is 9.96. The number of carbonyl (C=O) groups excluding carboxylic acids is 1. The summed E-state index contributed by atoms with van der Waals surface area (Å²) in [4.78, 5) is 12.7. The first kappa shape index (κ1) is 18.2. The molecule has 0 saturated heterocycles. The van der Waals surface area contributed by atoms with Crippen molar-refractivity contribution in [3.8, 4) is 5.75 Å². The van der Waals surface area contributed by atoms with Crippen LogP contribution in [0.5, 0.6) is 5.75 Å². The van der Waals surface area contributed by atoms with Crippen LogP contribution in [0.15, 0.2) is 53.6 Å². The molecule has 9 heteroatoms. The molecule has 1 heterocycles. The maximum atomic E-state index is 13.2. The van der Waals surface area contributed by atoms with Crippen LogP contribution in [0.2, 0.25) is 5.02 Å². The Kier molecular flexibility index (Phi) is 4.41. The SMILES string of the molecule is O=C(c1ccccc1O)N1N=C(C(F)(F)F)C[C@]1(O)c1ccc(Cl)cc1. The van der Waals surface area contributed by atoms with Crippen LogP contribution >= 0.6 is 11.6 Å². The summed E-state index contributed by atoms with van der Waals surface area (Å²) < 4.78 is 39.5. The number of aliphatic hydroxyl groups is 1. The number of nitrogens with zero attached hydrogens (tertiary/aromatic N) is 2. The van der Waals surface area contributed by atoms with E-state index in [2.05, 4.69) is 5.10 Å². The molecule has 0 radical (unpaired) electrons. The molecule has 0 fully saturated rings. The number of alkyl halides is 3. The third-order valence-corrected chi connectivity index (χ3v) is 4.20. The molecule has 0 saturated carbocycles. The van der Waals surface area contributed by atoms with Crippen LogP contribution in [0.3, 0.4) is 0 Å². The van der Waals surface area contributed by atoms with Crippen LogP contribution in [0.4, 0.5) is 13.2 Å². The van der Waals surface area contributed by atoms with Crippen LogP contribution in [0.25, 0.3) is 0 Å². The van der Waals surface area contributed by atoms with Crippen molar-refractivity contribution in [2.24, 2.45) is 5.10 Å². The summed E-state index contributed by atoms with van der Waals surface area (Å²) >= 11 is 5.78. The summed E-state index contributed by atoms with van der Waals surface area (Å²) in [6, 6.07) is 10.7. The fraction of sp³-hybridized carbons (Fsp3) is 0.176. The number of hydrazone groups is 1. The number of para-hydroxylation sites is 1. The number of amides is 1. The van der Waals surface area contributed by atoms with Gasteiger partial charge in [0.05, 0.1) is 12.0 Å². The average Bonchev–Trinajstić information content (AvgIpc) is 2.94. The molecule has 0 aliphatic carbocycles. The third-order valence-electron chi connectivity index (χ3n) is 3.95. The molecule has 2 aromatic carbocycles. The molecule has 2 N–H and O–H groups in total. The van der Waals surface area contributed by atoms with E-state index in [1.807, 2.05) is 0 Å². The molecule has 1 aliphatic heterocycles. The van der Waals surface area contributed by atoms with E-state index < -0.39 is 35.7 Å². The van der Waals surface area contributed by atoms with Gasteiger partial charge in [0, 0.05) is 10.6 Å². The van der Waals surface area contributed by atoms with Crippen molar-refractivity contribution in [1.29, 1.82) is 0 Å². The van der Waals surface area contributed by atoms with Gasteiger partial charge in [0.1, 0.15) is 11.5 Å². The molecular weight excluding hydrogens is 373 g/mol. The molecule has 2 aromatic rings. The topological polar surface area (TPSA) is 73.1 Å². The Morgan fingerprint density at radius 1 is 1.15 bits per heavy atom. The fourth-order valence-electron chi connectivity index (χ4n) is 2.63. The van der Waals surface area contributed by atoms with Crippen molar-refractivity contribution in [1.82, 2.24) is 5.01 Å². The van der Waals surface area contributed by atoms with Crippen molar-refractivity contribution < 1.29 is 28.2 Å². The second-order valence-electron chi connectivity index (χ2n) is 5.68. The molecule has 0 bridgehead atoms. The highest BCUT2D eigenvalue weighted by Crippen LogP contribution is 2.41.